The predicted octanol–water partition coefficient (Wildman–Crippen LogP) is 2.77. The van der Waals surface area contributed by atoms with Crippen LogP contribution in [0, 0.1) is 11.6 Å². The van der Waals surface area contributed by atoms with Gasteiger partial charge in [-0.3, -0.25) is 9.69 Å². The van der Waals surface area contributed by atoms with E-state index in [1.165, 1.54) is 0 Å². The first-order valence-corrected chi connectivity index (χ1v) is 8.24. The number of ether oxygens (including phenoxy) is 1. The number of benzene rings is 2. The molecule has 0 saturated carbocycles. The van der Waals surface area contributed by atoms with Gasteiger partial charge in [0.25, 0.3) is 5.91 Å². The Hall–Kier alpha value is -2.31. The van der Waals surface area contributed by atoms with Crippen molar-refractivity contribution in [2.45, 2.75) is 6.04 Å². The standard InChI is InChI=1S/C19H20F2N2O2/c20-16-10-15(11-17(21)12-16)19(24)22-18(14-4-2-1-3-5-14)13-23-6-8-25-9-7-23/h1-5,10-12,18H,6-9,13H2,(H,22,24). The predicted molar refractivity (Wildman–Crippen MR) is 90.3 cm³/mol. The minimum atomic E-state index is -0.769. The van der Waals surface area contributed by atoms with E-state index in [1.54, 1.807) is 0 Å². The van der Waals surface area contributed by atoms with Crippen molar-refractivity contribution in [2.24, 2.45) is 0 Å². The lowest BCUT2D eigenvalue weighted by Gasteiger charge is -2.31. The van der Waals surface area contributed by atoms with E-state index in [2.05, 4.69) is 10.2 Å². The van der Waals surface area contributed by atoms with E-state index in [0.717, 1.165) is 36.9 Å². The maximum Gasteiger partial charge on any atom is 0.252 e. The average molecular weight is 346 g/mol. The molecule has 6 heteroatoms. The van der Waals surface area contributed by atoms with E-state index in [9.17, 15) is 13.6 Å². The summed E-state index contributed by atoms with van der Waals surface area (Å²) in [7, 11) is 0. The van der Waals surface area contributed by atoms with Crippen LogP contribution >= 0.6 is 0 Å². The van der Waals surface area contributed by atoms with E-state index in [0.29, 0.717) is 19.8 Å². The molecule has 0 spiro atoms. The van der Waals surface area contributed by atoms with Gasteiger partial charge in [-0.2, -0.15) is 0 Å². The zero-order chi connectivity index (χ0) is 17.6. The molecule has 1 fully saturated rings. The average Bonchev–Trinajstić information content (AvgIpc) is 2.62. The molecule has 1 atom stereocenters. The van der Waals surface area contributed by atoms with Crippen LogP contribution in [-0.2, 0) is 4.74 Å². The van der Waals surface area contributed by atoms with E-state index in [-0.39, 0.29) is 11.6 Å². The van der Waals surface area contributed by atoms with Gasteiger partial charge in [0.1, 0.15) is 11.6 Å². The summed E-state index contributed by atoms with van der Waals surface area (Å²) in [6, 6.07) is 12.1. The van der Waals surface area contributed by atoms with Crippen LogP contribution in [0.3, 0.4) is 0 Å². The number of amides is 1. The number of rotatable bonds is 5. The van der Waals surface area contributed by atoms with Crippen LogP contribution in [0.15, 0.2) is 48.5 Å². The topological polar surface area (TPSA) is 41.6 Å². The smallest absolute Gasteiger partial charge is 0.252 e. The normalized spacial score (nSPS) is 16.4. The lowest BCUT2D eigenvalue weighted by Crippen LogP contribution is -2.43. The quantitative estimate of drug-likeness (QED) is 0.905. The number of hydrogen-bond donors (Lipinski definition) is 1. The number of nitrogens with one attached hydrogen (secondary N) is 1. The van der Waals surface area contributed by atoms with Crippen LogP contribution < -0.4 is 5.32 Å². The first-order valence-electron chi connectivity index (χ1n) is 8.24. The van der Waals surface area contributed by atoms with Crippen molar-refractivity contribution in [3.63, 3.8) is 0 Å². The maximum atomic E-state index is 13.4. The maximum absolute atomic E-state index is 13.4. The van der Waals surface area contributed by atoms with Crippen LogP contribution in [-0.4, -0.2) is 43.7 Å². The number of hydrogen-bond acceptors (Lipinski definition) is 3. The van der Waals surface area contributed by atoms with Crippen LogP contribution in [0.25, 0.3) is 0 Å². The molecule has 4 nitrogen and oxygen atoms in total. The Morgan fingerprint density at radius 3 is 2.36 bits per heavy atom. The van der Waals surface area contributed by atoms with E-state index in [1.807, 2.05) is 30.3 Å². The molecule has 1 aliphatic heterocycles. The van der Waals surface area contributed by atoms with Crippen molar-refractivity contribution in [3.05, 3.63) is 71.3 Å². The second-order valence-corrected chi connectivity index (χ2v) is 6.01. The largest absolute Gasteiger partial charge is 0.379 e. The Labute approximate surface area is 145 Å². The Bertz CT molecular complexity index is 698. The third-order valence-electron chi connectivity index (χ3n) is 4.18. The van der Waals surface area contributed by atoms with E-state index < -0.39 is 17.5 Å². The molecule has 0 aliphatic carbocycles. The highest BCUT2D eigenvalue weighted by atomic mass is 19.1. The molecule has 3 rings (SSSR count). The molecule has 1 amide bonds. The highest BCUT2D eigenvalue weighted by Crippen LogP contribution is 2.17. The zero-order valence-electron chi connectivity index (χ0n) is 13.8. The summed E-state index contributed by atoms with van der Waals surface area (Å²) in [5.74, 6) is -2.04. The molecule has 25 heavy (non-hydrogen) atoms. The SMILES string of the molecule is O=C(NC(CN1CCOCC1)c1ccccc1)c1cc(F)cc(F)c1. The molecule has 0 radical (unpaired) electrons. The lowest BCUT2D eigenvalue weighted by molar-refractivity contribution is 0.0332. The molecule has 1 heterocycles. The summed E-state index contributed by atoms with van der Waals surface area (Å²) in [6.07, 6.45) is 0. The summed E-state index contributed by atoms with van der Waals surface area (Å²) >= 11 is 0. The van der Waals surface area contributed by atoms with Crippen molar-refractivity contribution in [2.75, 3.05) is 32.8 Å². The Kier molecular flexibility index (Phi) is 5.73. The van der Waals surface area contributed by atoms with Crippen molar-refractivity contribution in [3.8, 4) is 0 Å². The van der Waals surface area contributed by atoms with Crippen LogP contribution in [0.4, 0.5) is 8.78 Å². The summed E-state index contributed by atoms with van der Waals surface area (Å²) in [6.45, 7) is 3.49. The Morgan fingerprint density at radius 1 is 1.08 bits per heavy atom. The molecule has 1 saturated heterocycles. The highest BCUT2D eigenvalue weighted by Gasteiger charge is 2.21. The number of halogens is 2. The Balaban J connectivity index is 1.77. The number of carbonyl (C=O) groups is 1. The van der Waals surface area contributed by atoms with Gasteiger partial charge in [-0.25, -0.2) is 8.78 Å². The van der Waals surface area contributed by atoms with Gasteiger partial charge in [0.15, 0.2) is 0 Å². The highest BCUT2D eigenvalue weighted by molar-refractivity contribution is 5.94. The van der Waals surface area contributed by atoms with Gasteiger partial charge >= 0.3 is 0 Å². The fourth-order valence-electron chi connectivity index (χ4n) is 2.89. The van der Waals surface area contributed by atoms with Crippen molar-refractivity contribution < 1.29 is 18.3 Å². The fourth-order valence-corrected chi connectivity index (χ4v) is 2.89. The van der Waals surface area contributed by atoms with Crippen molar-refractivity contribution in [1.82, 2.24) is 10.2 Å². The third kappa shape index (κ3) is 4.84. The lowest BCUT2D eigenvalue weighted by atomic mass is 10.1. The van der Waals surface area contributed by atoms with E-state index >= 15 is 0 Å². The zero-order valence-corrected chi connectivity index (χ0v) is 13.8. The summed E-state index contributed by atoms with van der Waals surface area (Å²) in [4.78, 5) is 14.7. The summed E-state index contributed by atoms with van der Waals surface area (Å²) < 4.78 is 32.1. The number of nitrogens with zero attached hydrogens (tertiary/aromatic N) is 1. The van der Waals surface area contributed by atoms with Crippen molar-refractivity contribution in [1.29, 1.82) is 0 Å². The Morgan fingerprint density at radius 2 is 1.72 bits per heavy atom. The number of morpholine rings is 1. The number of carbonyl (C=O) groups excluding carboxylic acids is 1. The second-order valence-electron chi connectivity index (χ2n) is 6.01. The van der Waals surface area contributed by atoms with Gasteiger partial charge in [-0.05, 0) is 17.7 Å². The minimum absolute atomic E-state index is 0.0274. The second kappa shape index (κ2) is 8.18. The third-order valence-corrected chi connectivity index (χ3v) is 4.18. The first kappa shape index (κ1) is 17.5. The monoisotopic (exact) mass is 346 g/mol. The van der Waals surface area contributed by atoms with Gasteiger partial charge in [0.2, 0.25) is 0 Å². The van der Waals surface area contributed by atoms with Crippen LogP contribution in [0.5, 0.6) is 0 Å². The molecule has 132 valence electrons. The molecule has 2 aromatic carbocycles. The van der Waals surface area contributed by atoms with Crippen molar-refractivity contribution >= 4 is 5.91 Å². The molecule has 0 bridgehead atoms. The summed E-state index contributed by atoms with van der Waals surface area (Å²) in [5.41, 5.74) is 0.916. The minimum Gasteiger partial charge on any atom is -0.379 e. The molecule has 1 N–H and O–H groups in total. The first-order chi connectivity index (χ1) is 12.1. The molecule has 2 aromatic rings. The van der Waals surface area contributed by atoms with Gasteiger partial charge in [0.05, 0.1) is 19.3 Å². The molecule has 0 aromatic heterocycles. The fraction of sp³-hybridized carbons (Fsp3) is 0.316. The van der Waals surface area contributed by atoms with E-state index in [4.69, 9.17) is 4.74 Å². The van der Waals surface area contributed by atoms with Crippen LogP contribution in [0.1, 0.15) is 22.0 Å². The molecular weight excluding hydrogens is 326 g/mol. The van der Waals surface area contributed by atoms with Gasteiger partial charge in [-0.15, -0.1) is 0 Å². The van der Waals surface area contributed by atoms with Crippen LogP contribution in [0.2, 0.25) is 0 Å². The molecule has 1 aliphatic rings. The van der Waals surface area contributed by atoms with Gasteiger partial charge in [0, 0.05) is 31.3 Å². The van der Waals surface area contributed by atoms with Gasteiger partial charge in [-0.1, -0.05) is 30.3 Å². The van der Waals surface area contributed by atoms with Gasteiger partial charge < -0.3 is 10.1 Å². The summed E-state index contributed by atoms with van der Waals surface area (Å²) in [5, 5.41) is 2.90. The molecule has 1 unspecified atom stereocenters. The molecular formula is C19H20F2N2O2.